The van der Waals surface area contributed by atoms with Crippen LogP contribution in [0.25, 0.3) is 6.08 Å². The lowest BCUT2D eigenvalue weighted by Crippen LogP contribution is -2.45. The summed E-state index contributed by atoms with van der Waals surface area (Å²) < 4.78 is 12.1. The smallest absolute Gasteiger partial charge is 0.330 e. The molecular weight excluding hydrogens is 376 g/mol. The number of esters is 1. The maximum atomic E-state index is 12.0. The quantitative estimate of drug-likeness (QED) is 0.260. The van der Waals surface area contributed by atoms with Crippen LogP contribution in [0.2, 0.25) is 18.1 Å². The minimum atomic E-state index is -1.94. The molecule has 0 saturated carbocycles. The summed E-state index contributed by atoms with van der Waals surface area (Å²) in [7, 11) is -1.94. The van der Waals surface area contributed by atoms with Crippen molar-refractivity contribution in [1.82, 2.24) is 0 Å². The third-order valence-electron chi connectivity index (χ3n) is 5.26. The Morgan fingerprint density at radius 3 is 2.17 bits per heavy atom. The Morgan fingerprint density at radius 2 is 1.66 bits per heavy atom. The summed E-state index contributed by atoms with van der Waals surface area (Å²) in [5.41, 5.74) is 0.694. The highest BCUT2D eigenvalue weighted by Crippen LogP contribution is 2.38. The molecule has 4 heteroatoms. The number of rotatable bonds is 8. The lowest BCUT2D eigenvalue weighted by atomic mass is 10.00. The molecule has 0 heterocycles. The number of hydrogen-bond acceptors (Lipinski definition) is 3. The lowest BCUT2D eigenvalue weighted by Gasteiger charge is -2.40. The van der Waals surface area contributed by atoms with Crippen molar-refractivity contribution in [2.24, 2.45) is 5.92 Å². The van der Waals surface area contributed by atoms with Crippen molar-refractivity contribution in [3.05, 3.63) is 54.1 Å². The molecule has 2 atom stereocenters. The average molecular weight is 417 g/mol. The van der Waals surface area contributed by atoms with Gasteiger partial charge >= 0.3 is 5.97 Å². The van der Waals surface area contributed by atoms with Gasteiger partial charge in [-0.25, -0.2) is 4.79 Å². The number of carbonyl (C=O) groups excluding carboxylic acids is 1. The van der Waals surface area contributed by atoms with E-state index in [0.717, 1.165) is 0 Å². The van der Waals surface area contributed by atoms with E-state index in [9.17, 15) is 4.79 Å². The van der Waals surface area contributed by atoms with Crippen LogP contribution in [0.1, 0.15) is 60.5 Å². The van der Waals surface area contributed by atoms with Gasteiger partial charge in [-0.05, 0) is 56.8 Å². The minimum Gasteiger partial charge on any atom is -0.457 e. The van der Waals surface area contributed by atoms with Gasteiger partial charge in [-0.3, -0.25) is 0 Å². The minimum absolute atomic E-state index is 0.00883. The van der Waals surface area contributed by atoms with Gasteiger partial charge in [0, 0.05) is 6.08 Å². The van der Waals surface area contributed by atoms with E-state index in [4.69, 9.17) is 9.16 Å². The van der Waals surface area contributed by atoms with E-state index in [2.05, 4.69) is 65.1 Å². The first-order valence-corrected chi connectivity index (χ1v) is 13.4. The molecule has 0 amide bonds. The molecule has 0 saturated heterocycles. The lowest BCUT2D eigenvalue weighted by molar-refractivity contribution is -0.148. The molecule has 0 aliphatic rings. The Labute approximate surface area is 179 Å². The summed E-state index contributed by atoms with van der Waals surface area (Å²) in [5, 5.41) is 0.128. The second kappa shape index (κ2) is 10.4. The molecule has 29 heavy (non-hydrogen) atoms. The molecule has 0 N–H and O–H groups in total. The summed E-state index contributed by atoms with van der Waals surface area (Å²) in [4.78, 5) is 12.0. The largest absolute Gasteiger partial charge is 0.457 e. The van der Waals surface area contributed by atoms with Gasteiger partial charge in [0.2, 0.25) is 0 Å². The van der Waals surface area contributed by atoms with Crippen molar-refractivity contribution in [3.8, 4) is 0 Å². The van der Waals surface area contributed by atoms with E-state index in [1.165, 1.54) is 11.6 Å². The highest BCUT2D eigenvalue weighted by molar-refractivity contribution is 6.74. The normalized spacial score (nSPS) is 15.6. The van der Waals surface area contributed by atoms with Crippen molar-refractivity contribution in [2.45, 2.75) is 84.7 Å². The van der Waals surface area contributed by atoms with E-state index >= 15 is 0 Å². The zero-order valence-corrected chi connectivity index (χ0v) is 20.8. The standard InChI is InChI=1S/C25H40O3Si/c1-20(18-19-21-14-11-10-12-15-21)22(28-29(8,9)25(5,6)7)16-13-17-23(26)27-24(2,3)4/h10-15,17-20,22H,16H2,1-9H3/t20-,22+/m1/s1. The molecular formula is C25H40O3Si. The van der Waals surface area contributed by atoms with Crippen molar-refractivity contribution < 1.29 is 14.0 Å². The summed E-state index contributed by atoms with van der Waals surface area (Å²) in [6.07, 6.45) is 8.44. The van der Waals surface area contributed by atoms with Crippen LogP contribution in [0.5, 0.6) is 0 Å². The van der Waals surface area contributed by atoms with Crippen LogP contribution in [0, 0.1) is 5.92 Å². The van der Waals surface area contributed by atoms with Crippen molar-refractivity contribution in [2.75, 3.05) is 0 Å². The Kier molecular flexibility index (Phi) is 9.10. The van der Waals surface area contributed by atoms with Crippen molar-refractivity contribution in [1.29, 1.82) is 0 Å². The van der Waals surface area contributed by atoms with Crippen molar-refractivity contribution >= 4 is 20.4 Å². The molecule has 1 aromatic rings. The number of benzene rings is 1. The summed E-state index contributed by atoms with van der Waals surface area (Å²) >= 11 is 0. The van der Waals surface area contributed by atoms with Gasteiger partial charge in [-0.1, -0.05) is 76.3 Å². The van der Waals surface area contributed by atoms with Gasteiger partial charge in [-0.15, -0.1) is 0 Å². The first kappa shape index (κ1) is 25.4. The van der Waals surface area contributed by atoms with E-state index in [1.54, 1.807) is 0 Å². The highest BCUT2D eigenvalue weighted by atomic mass is 28.4. The highest BCUT2D eigenvalue weighted by Gasteiger charge is 2.39. The second-order valence-corrected chi connectivity index (χ2v) is 15.0. The van der Waals surface area contributed by atoms with Gasteiger partial charge < -0.3 is 9.16 Å². The first-order chi connectivity index (χ1) is 13.2. The van der Waals surface area contributed by atoms with E-state index in [1.807, 2.05) is 45.0 Å². The van der Waals surface area contributed by atoms with Crippen LogP contribution < -0.4 is 0 Å². The zero-order chi connectivity index (χ0) is 22.3. The third kappa shape index (κ3) is 9.59. The molecule has 0 radical (unpaired) electrons. The predicted molar refractivity (Wildman–Crippen MR) is 126 cm³/mol. The van der Waals surface area contributed by atoms with Crippen LogP contribution in [0.3, 0.4) is 0 Å². The fraction of sp³-hybridized carbons (Fsp3) is 0.560. The fourth-order valence-electron chi connectivity index (χ4n) is 2.51. The van der Waals surface area contributed by atoms with Crippen LogP contribution in [-0.2, 0) is 14.0 Å². The molecule has 3 nitrogen and oxygen atoms in total. The topological polar surface area (TPSA) is 35.5 Å². The molecule has 1 aromatic carbocycles. The molecule has 0 spiro atoms. The maximum Gasteiger partial charge on any atom is 0.330 e. The van der Waals surface area contributed by atoms with Gasteiger partial charge in [0.15, 0.2) is 8.32 Å². The maximum absolute atomic E-state index is 12.0. The van der Waals surface area contributed by atoms with Gasteiger partial charge in [0.25, 0.3) is 0 Å². The summed E-state index contributed by atoms with van der Waals surface area (Å²) in [5.74, 6) is -0.0938. The predicted octanol–water partition coefficient (Wildman–Crippen LogP) is 7.01. The van der Waals surface area contributed by atoms with E-state index in [0.29, 0.717) is 6.42 Å². The summed E-state index contributed by atoms with van der Waals surface area (Å²) in [6, 6.07) is 10.3. The zero-order valence-electron chi connectivity index (χ0n) is 19.8. The van der Waals surface area contributed by atoms with Gasteiger partial charge in [-0.2, -0.15) is 0 Å². The molecule has 0 aliphatic carbocycles. The number of hydrogen-bond donors (Lipinski definition) is 0. The number of carbonyl (C=O) groups is 1. The van der Waals surface area contributed by atoms with E-state index < -0.39 is 13.9 Å². The SMILES string of the molecule is C[C@H](C=Cc1ccccc1)[C@H](CC=CC(=O)OC(C)(C)C)O[Si](C)(C)C(C)(C)C. The van der Waals surface area contributed by atoms with Crippen LogP contribution in [0.4, 0.5) is 0 Å². The van der Waals surface area contributed by atoms with Crippen LogP contribution in [0.15, 0.2) is 48.6 Å². The molecule has 0 aliphatic heterocycles. The Balaban J connectivity index is 2.93. The van der Waals surface area contributed by atoms with Crippen molar-refractivity contribution in [3.63, 3.8) is 0 Å². The van der Waals surface area contributed by atoms with Crippen LogP contribution in [-0.4, -0.2) is 26.0 Å². The molecule has 162 valence electrons. The van der Waals surface area contributed by atoms with Gasteiger partial charge in [0.05, 0.1) is 6.10 Å². The monoisotopic (exact) mass is 416 g/mol. The average Bonchev–Trinajstić information content (AvgIpc) is 2.57. The second-order valence-electron chi connectivity index (χ2n) is 10.2. The molecule has 0 fully saturated rings. The van der Waals surface area contributed by atoms with E-state index in [-0.39, 0.29) is 23.0 Å². The Morgan fingerprint density at radius 1 is 1.07 bits per heavy atom. The van der Waals surface area contributed by atoms with Crippen LogP contribution >= 0.6 is 0 Å². The Bertz CT molecular complexity index is 691. The molecule has 1 rings (SSSR count). The fourth-order valence-corrected chi connectivity index (χ4v) is 3.93. The summed E-state index contributed by atoms with van der Waals surface area (Å²) in [6.45, 7) is 19.1. The first-order valence-electron chi connectivity index (χ1n) is 10.5. The Hall–Kier alpha value is -1.65. The molecule has 0 aromatic heterocycles. The van der Waals surface area contributed by atoms with Gasteiger partial charge in [0.1, 0.15) is 5.60 Å². The third-order valence-corrected chi connectivity index (χ3v) is 9.76. The molecule has 0 bridgehead atoms. The molecule has 0 unspecified atom stereocenters. The number of ether oxygens (including phenoxy) is 1.